The molecule has 0 aliphatic carbocycles. The van der Waals surface area contributed by atoms with Gasteiger partial charge in [0.25, 0.3) is 11.9 Å². The van der Waals surface area contributed by atoms with Crippen LogP contribution in [0.3, 0.4) is 0 Å². The predicted octanol–water partition coefficient (Wildman–Crippen LogP) is 2.56. The van der Waals surface area contributed by atoms with Crippen LogP contribution in [0.4, 0.5) is 0 Å². The maximum atomic E-state index is 9.00. The summed E-state index contributed by atoms with van der Waals surface area (Å²) in [6.07, 6.45) is 0. The molecule has 4 nitrogen and oxygen atoms in total. The lowest BCUT2D eigenvalue weighted by molar-refractivity contribution is -0.135. The van der Waals surface area contributed by atoms with Gasteiger partial charge in [-0.25, -0.2) is 0 Å². The molecule has 0 bridgehead atoms. The van der Waals surface area contributed by atoms with Crippen LogP contribution < -0.4 is 10.6 Å². The van der Waals surface area contributed by atoms with E-state index < -0.39 is 11.9 Å². The Hall–Kier alpha value is -1.76. The minimum atomic E-state index is -0.833. The third-order valence-electron chi connectivity index (χ3n) is 1.60. The smallest absolute Gasteiger partial charge is 0.300 e. The maximum absolute atomic E-state index is 9.00. The highest BCUT2D eigenvalue weighted by Gasteiger charge is 1.72. The van der Waals surface area contributed by atoms with Gasteiger partial charge in [0.15, 0.2) is 0 Å². The molecule has 2 rings (SSSR count). The quantitative estimate of drug-likeness (QED) is 0.723. The van der Waals surface area contributed by atoms with Gasteiger partial charge in [-0.1, -0.05) is 60.7 Å². The second kappa shape index (κ2) is 15.6. The van der Waals surface area contributed by atoms with Crippen molar-refractivity contribution in [2.45, 2.75) is 13.8 Å². The van der Waals surface area contributed by atoms with E-state index in [1.165, 1.54) is 10.6 Å². The first-order valence-corrected chi connectivity index (χ1v) is 7.41. The Morgan fingerprint density at radius 1 is 0.682 bits per heavy atom. The molecular formula is C16H22O4P2. The Labute approximate surface area is 136 Å². The number of carboxylic acids is 2. The molecule has 2 aromatic carbocycles. The van der Waals surface area contributed by atoms with Gasteiger partial charge in [-0.2, -0.15) is 0 Å². The molecule has 0 amide bonds. The van der Waals surface area contributed by atoms with Crippen molar-refractivity contribution in [3.63, 3.8) is 0 Å². The third kappa shape index (κ3) is 26.7. The monoisotopic (exact) mass is 340 g/mol. The fourth-order valence-electron chi connectivity index (χ4n) is 0.906. The van der Waals surface area contributed by atoms with Crippen LogP contribution in [0.25, 0.3) is 0 Å². The standard InChI is InChI=1S/2C6H7P.2C2H4O2/c2*7-6-4-2-1-3-5-6;2*1-2(3)4/h2*1-5H,7H2;2*1H3,(H,3,4). The summed E-state index contributed by atoms with van der Waals surface area (Å²) in [4.78, 5) is 18.0. The van der Waals surface area contributed by atoms with E-state index in [1.54, 1.807) is 0 Å². The third-order valence-corrected chi connectivity index (χ3v) is 2.37. The Morgan fingerprint density at radius 2 is 0.864 bits per heavy atom. The molecule has 22 heavy (non-hydrogen) atoms. The molecule has 2 atom stereocenters. The molecule has 120 valence electrons. The molecular weight excluding hydrogens is 318 g/mol. The number of carboxylic acid groups (broad SMARTS) is 2. The Bertz CT molecular complexity index is 459. The van der Waals surface area contributed by atoms with E-state index in [9.17, 15) is 0 Å². The number of rotatable bonds is 0. The van der Waals surface area contributed by atoms with Crippen molar-refractivity contribution in [2.24, 2.45) is 0 Å². The second-order valence-corrected chi connectivity index (χ2v) is 5.19. The van der Waals surface area contributed by atoms with E-state index in [1.807, 2.05) is 60.7 Å². The van der Waals surface area contributed by atoms with Crippen molar-refractivity contribution in [3.05, 3.63) is 60.7 Å². The Kier molecular flexibility index (Phi) is 16.0. The van der Waals surface area contributed by atoms with Crippen molar-refractivity contribution >= 4 is 41.0 Å². The van der Waals surface area contributed by atoms with E-state index >= 15 is 0 Å². The summed E-state index contributed by atoms with van der Waals surface area (Å²) in [5, 5.41) is 17.3. The average Bonchev–Trinajstić information content (AvgIpc) is 2.40. The van der Waals surface area contributed by atoms with Crippen molar-refractivity contribution in [3.8, 4) is 0 Å². The summed E-state index contributed by atoms with van der Waals surface area (Å²) in [6.45, 7) is 2.17. The number of aliphatic carboxylic acids is 2. The van der Waals surface area contributed by atoms with Gasteiger partial charge in [0.1, 0.15) is 0 Å². The van der Waals surface area contributed by atoms with Gasteiger partial charge in [0.05, 0.1) is 0 Å². The lowest BCUT2D eigenvalue weighted by Gasteiger charge is -1.82. The highest BCUT2D eigenvalue weighted by Crippen LogP contribution is 1.86. The average molecular weight is 340 g/mol. The number of hydrogen-bond acceptors (Lipinski definition) is 2. The van der Waals surface area contributed by atoms with Crippen LogP contribution in [0.15, 0.2) is 60.7 Å². The first kappa shape index (κ1) is 22.5. The molecule has 0 saturated carbocycles. The van der Waals surface area contributed by atoms with Gasteiger partial charge in [0.2, 0.25) is 0 Å². The summed E-state index contributed by atoms with van der Waals surface area (Å²) in [5.74, 6) is -1.67. The zero-order valence-corrected chi connectivity index (χ0v) is 14.9. The number of benzene rings is 2. The van der Waals surface area contributed by atoms with Gasteiger partial charge in [-0.05, 0) is 10.6 Å². The molecule has 2 unspecified atom stereocenters. The largest absolute Gasteiger partial charge is 0.481 e. The first-order chi connectivity index (χ1) is 10.3. The van der Waals surface area contributed by atoms with Crippen LogP contribution in [0, 0.1) is 0 Å². The normalized spacial score (nSPS) is 7.82. The molecule has 0 spiro atoms. The summed E-state index contributed by atoms with van der Waals surface area (Å²) < 4.78 is 0. The summed E-state index contributed by atoms with van der Waals surface area (Å²) in [5.41, 5.74) is 0. The highest BCUT2D eigenvalue weighted by molar-refractivity contribution is 7.27. The molecule has 0 aliphatic rings. The number of carbonyl (C=O) groups is 2. The van der Waals surface area contributed by atoms with E-state index in [0.29, 0.717) is 0 Å². The van der Waals surface area contributed by atoms with Gasteiger partial charge in [-0.15, -0.1) is 18.5 Å². The van der Waals surface area contributed by atoms with E-state index in [0.717, 1.165) is 13.8 Å². The lowest BCUT2D eigenvalue weighted by atomic mass is 10.4. The molecule has 0 fully saturated rings. The highest BCUT2D eigenvalue weighted by atomic mass is 31.0. The summed E-state index contributed by atoms with van der Waals surface area (Å²) in [6, 6.07) is 20.3. The van der Waals surface area contributed by atoms with E-state index in [4.69, 9.17) is 19.8 Å². The molecule has 0 heterocycles. The van der Waals surface area contributed by atoms with Crippen molar-refractivity contribution in [1.82, 2.24) is 0 Å². The van der Waals surface area contributed by atoms with E-state index in [-0.39, 0.29) is 0 Å². The molecule has 2 N–H and O–H groups in total. The van der Waals surface area contributed by atoms with Gasteiger partial charge in [-0.3, -0.25) is 9.59 Å². The molecule has 0 radical (unpaired) electrons. The first-order valence-electron chi connectivity index (χ1n) is 6.25. The fourth-order valence-corrected chi connectivity index (χ4v) is 1.35. The summed E-state index contributed by atoms with van der Waals surface area (Å²) in [7, 11) is 5.26. The molecule has 0 aromatic heterocycles. The van der Waals surface area contributed by atoms with Gasteiger partial charge in [0, 0.05) is 13.8 Å². The van der Waals surface area contributed by atoms with Crippen LogP contribution >= 0.6 is 18.5 Å². The van der Waals surface area contributed by atoms with E-state index in [2.05, 4.69) is 18.5 Å². The molecule has 6 heteroatoms. The van der Waals surface area contributed by atoms with Crippen LogP contribution in [0.1, 0.15) is 13.8 Å². The minimum absolute atomic E-state index is 0.833. The maximum Gasteiger partial charge on any atom is 0.300 e. The minimum Gasteiger partial charge on any atom is -0.481 e. The topological polar surface area (TPSA) is 74.6 Å². The zero-order valence-electron chi connectivity index (χ0n) is 12.6. The van der Waals surface area contributed by atoms with Crippen LogP contribution in [-0.4, -0.2) is 22.2 Å². The van der Waals surface area contributed by atoms with Gasteiger partial charge >= 0.3 is 0 Å². The summed E-state index contributed by atoms with van der Waals surface area (Å²) >= 11 is 0. The second-order valence-electron chi connectivity index (χ2n) is 3.86. The Balaban J connectivity index is 0. The predicted molar refractivity (Wildman–Crippen MR) is 98.2 cm³/mol. The number of hydrogen-bond donors (Lipinski definition) is 2. The Morgan fingerprint density at radius 3 is 0.955 bits per heavy atom. The van der Waals surface area contributed by atoms with Crippen molar-refractivity contribution in [1.29, 1.82) is 0 Å². The van der Waals surface area contributed by atoms with Crippen LogP contribution in [0.5, 0.6) is 0 Å². The molecule has 0 saturated heterocycles. The van der Waals surface area contributed by atoms with Crippen LogP contribution in [-0.2, 0) is 9.59 Å². The fraction of sp³-hybridized carbons (Fsp3) is 0.125. The molecule has 0 aliphatic heterocycles. The lowest BCUT2D eigenvalue weighted by Crippen LogP contribution is -1.82. The SMILES string of the molecule is CC(=O)O.CC(=O)O.Pc1ccccc1.Pc1ccccc1. The molecule has 2 aromatic rings. The zero-order chi connectivity index (χ0) is 17.4. The van der Waals surface area contributed by atoms with Crippen molar-refractivity contribution < 1.29 is 19.8 Å². The van der Waals surface area contributed by atoms with Crippen molar-refractivity contribution in [2.75, 3.05) is 0 Å². The van der Waals surface area contributed by atoms with Gasteiger partial charge < -0.3 is 10.2 Å². The van der Waals surface area contributed by atoms with Crippen LogP contribution in [0.2, 0.25) is 0 Å².